The van der Waals surface area contributed by atoms with Gasteiger partial charge in [-0.25, -0.2) is 9.07 Å². The number of halogens is 1. The van der Waals surface area contributed by atoms with E-state index in [0.717, 1.165) is 0 Å². The minimum Gasteiger partial charge on any atom is -0.504 e. The molecule has 1 aromatic heterocycles. The molecule has 1 atom stereocenters. The van der Waals surface area contributed by atoms with Crippen LogP contribution in [-0.4, -0.2) is 38.0 Å². The van der Waals surface area contributed by atoms with Gasteiger partial charge in [-0.2, -0.15) is 5.10 Å². The summed E-state index contributed by atoms with van der Waals surface area (Å²) < 4.78 is 14.2. The van der Waals surface area contributed by atoms with E-state index in [9.17, 15) is 19.4 Å². The molecule has 0 aliphatic carbocycles. The maximum absolute atomic E-state index is 12.9. The van der Waals surface area contributed by atoms with Gasteiger partial charge >= 0.3 is 0 Å². The Bertz CT molecular complexity index is 663. The summed E-state index contributed by atoms with van der Waals surface area (Å²) in [4.78, 5) is 12.2. The fourth-order valence-corrected chi connectivity index (χ4v) is 1.83. The van der Waals surface area contributed by atoms with Crippen LogP contribution in [0, 0.1) is 5.82 Å². The summed E-state index contributed by atoms with van der Waals surface area (Å²) in [6.07, 6.45) is 1.79. The van der Waals surface area contributed by atoms with Gasteiger partial charge in [-0.1, -0.05) is 6.92 Å². The molecule has 7 heteroatoms. The zero-order valence-electron chi connectivity index (χ0n) is 12.4. The van der Waals surface area contributed by atoms with Gasteiger partial charge in [-0.15, -0.1) is 0 Å². The molecule has 0 saturated carbocycles. The summed E-state index contributed by atoms with van der Waals surface area (Å²) in [6, 6.07) is 5.47. The first-order valence-corrected chi connectivity index (χ1v) is 6.86. The SMILES string of the molecule is CCC(C)(CO)NC(=O)c1nn(-c2ccc(F)cc2)cc1O. The zero-order valence-corrected chi connectivity index (χ0v) is 12.4. The highest BCUT2D eigenvalue weighted by Crippen LogP contribution is 2.19. The van der Waals surface area contributed by atoms with E-state index < -0.39 is 11.4 Å². The van der Waals surface area contributed by atoms with Crippen molar-refractivity contribution in [1.82, 2.24) is 15.1 Å². The van der Waals surface area contributed by atoms with Gasteiger partial charge in [0.25, 0.3) is 5.91 Å². The second-order valence-corrected chi connectivity index (χ2v) is 5.31. The summed E-state index contributed by atoms with van der Waals surface area (Å²) in [7, 11) is 0. The molecule has 1 aromatic carbocycles. The number of aliphatic hydroxyl groups excluding tert-OH is 1. The lowest BCUT2D eigenvalue weighted by Gasteiger charge is -2.26. The van der Waals surface area contributed by atoms with Crippen molar-refractivity contribution in [3.63, 3.8) is 0 Å². The first-order valence-electron chi connectivity index (χ1n) is 6.86. The highest BCUT2D eigenvalue weighted by molar-refractivity contribution is 5.95. The Morgan fingerprint density at radius 2 is 2.05 bits per heavy atom. The molecule has 0 aliphatic heterocycles. The standard InChI is InChI=1S/C15H18FN3O3/c1-3-15(2,9-20)17-14(22)13-12(21)8-19(18-13)11-6-4-10(16)5-7-11/h4-8,20-21H,3,9H2,1-2H3,(H,17,22). The molecule has 0 saturated heterocycles. The molecular formula is C15H18FN3O3. The second kappa shape index (κ2) is 6.15. The molecule has 2 rings (SSSR count). The van der Waals surface area contributed by atoms with Crippen LogP contribution >= 0.6 is 0 Å². The van der Waals surface area contributed by atoms with Crippen molar-refractivity contribution < 1.29 is 19.4 Å². The summed E-state index contributed by atoms with van der Waals surface area (Å²) >= 11 is 0. The molecule has 6 nitrogen and oxygen atoms in total. The molecule has 1 heterocycles. The number of aliphatic hydroxyl groups is 1. The number of hydrogen-bond acceptors (Lipinski definition) is 4. The Balaban J connectivity index is 2.26. The lowest BCUT2D eigenvalue weighted by molar-refractivity contribution is 0.0839. The van der Waals surface area contributed by atoms with Crippen LogP contribution in [0.3, 0.4) is 0 Å². The molecule has 1 unspecified atom stereocenters. The van der Waals surface area contributed by atoms with Crippen LogP contribution in [0.15, 0.2) is 30.5 Å². The van der Waals surface area contributed by atoms with E-state index in [0.29, 0.717) is 12.1 Å². The number of carbonyl (C=O) groups is 1. The Kier molecular flexibility index (Phi) is 4.46. The number of rotatable bonds is 5. The third kappa shape index (κ3) is 3.25. The quantitative estimate of drug-likeness (QED) is 0.783. The third-order valence-electron chi connectivity index (χ3n) is 3.55. The van der Waals surface area contributed by atoms with Gasteiger partial charge < -0.3 is 15.5 Å². The molecule has 118 valence electrons. The summed E-state index contributed by atoms with van der Waals surface area (Å²) in [6.45, 7) is 3.29. The van der Waals surface area contributed by atoms with Crippen molar-refractivity contribution in [2.45, 2.75) is 25.8 Å². The van der Waals surface area contributed by atoms with Gasteiger partial charge in [0.15, 0.2) is 11.4 Å². The number of hydrogen-bond donors (Lipinski definition) is 3. The average molecular weight is 307 g/mol. The van der Waals surface area contributed by atoms with E-state index in [4.69, 9.17) is 0 Å². The van der Waals surface area contributed by atoms with Gasteiger partial charge in [-0.05, 0) is 37.6 Å². The molecule has 0 bridgehead atoms. The van der Waals surface area contributed by atoms with E-state index in [2.05, 4.69) is 10.4 Å². The first kappa shape index (κ1) is 16.0. The summed E-state index contributed by atoms with van der Waals surface area (Å²) in [5, 5.41) is 25.9. The highest BCUT2D eigenvalue weighted by atomic mass is 19.1. The van der Waals surface area contributed by atoms with Gasteiger partial charge in [0.2, 0.25) is 0 Å². The monoisotopic (exact) mass is 307 g/mol. The van der Waals surface area contributed by atoms with Crippen molar-refractivity contribution in [2.24, 2.45) is 0 Å². The Hall–Kier alpha value is -2.41. The van der Waals surface area contributed by atoms with E-state index in [1.165, 1.54) is 35.1 Å². The number of aromatic nitrogens is 2. The zero-order chi connectivity index (χ0) is 16.3. The van der Waals surface area contributed by atoms with Gasteiger partial charge in [-0.3, -0.25) is 4.79 Å². The van der Waals surface area contributed by atoms with Crippen LogP contribution in [0.25, 0.3) is 5.69 Å². The van der Waals surface area contributed by atoms with Crippen molar-refractivity contribution in [2.75, 3.05) is 6.61 Å². The third-order valence-corrected chi connectivity index (χ3v) is 3.55. The fraction of sp³-hybridized carbons (Fsp3) is 0.333. The predicted molar refractivity (Wildman–Crippen MR) is 78.4 cm³/mol. The number of nitrogens with zero attached hydrogens (tertiary/aromatic N) is 2. The molecule has 0 aliphatic rings. The lowest BCUT2D eigenvalue weighted by Crippen LogP contribution is -2.48. The predicted octanol–water partition coefficient (Wildman–Crippen LogP) is 1.61. The first-order chi connectivity index (χ1) is 10.4. The number of carbonyl (C=O) groups excluding carboxylic acids is 1. The number of amides is 1. The highest BCUT2D eigenvalue weighted by Gasteiger charge is 2.27. The molecular weight excluding hydrogens is 289 g/mol. The van der Waals surface area contributed by atoms with Crippen LogP contribution in [0.1, 0.15) is 30.8 Å². The van der Waals surface area contributed by atoms with Crippen molar-refractivity contribution in [1.29, 1.82) is 0 Å². The molecule has 22 heavy (non-hydrogen) atoms. The van der Waals surface area contributed by atoms with Gasteiger partial charge in [0, 0.05) is 0 Å². The van der Waals surface area contributed by atoms with E-state index in [1.807, 2.05) is 6.92 Å². The van der Waals surface area contributed by atoms with Crippen molar-refractivity contribution >= 4 is 5.91 Å². The Morgan fingerprint density at radius 3 is 2.59 bits per heavy atom. The van der Waals surface area contributed by atoms with Crippen LogP contribution in [0.5, 0.6) is 5.75 Å². The number of benzene rings is 1. The molecule has 3 N–H and O–H groups in total. The van der Waals surface area contributed by atoms with Crippen LogP contribution in [0.4, 0.5) is 4.39 Å². The second-order valence-electron chi connectivity index (χ2n) is 5.31. The van der Waals surface area contributed by atoms with Crippen molar-refractivity contribution in [3.8, 4) is 11.4 Å². The Morgan fingerprint density at radius 1 is 1.41 bits per heavy atom. The van der Waals surface area contributed by atoms with E-state index >= 15 is 0 Å². The topological polar surface area (TPSA) is 87.4 Å². The normalized spacial score (nSPS) is 13.6. The van der Waals surface area contributed by atoms with Gasteiger partial charge in [0.1, 0.15) is 5.82 Å². The minimum absolute atomic E-state index is 0.155. The average Bonchev–Trinajstić information content (AvgIpc) is 2.90. The van der Waals surface area contributed by atoms with E-state index in [1.54, 1.807) is 6.92 Å². The number of aromatic hydroxyl groups is 1. The van der Waals surface area contributed by atoms with Crippen LogP contribution in [-0.2, 0) is 0 Å². The summed E-state index contributed by atoms with van der Waals surface area (Å²) in [5.74, 6) is -1.27. The fourth-order valence-electron chi connectivity index (χ4n) is 1.83. The van der Waals surface area contributed by atoms with Crippen LogP contribution in [0.2, 0.25) is 0 Å². The van der Waals surface area contributed by atoms with Crippen LogP contribution < -0.4 is 5.32 Å². The number of nitrogens with one attached hydrogen (secondary N) is 1. The lowest BCUT2D eigenvalue weighted by atomic mass is 10.00. The van der Waals surface area contributed by atoms with E-state index in [-0.39, 0.29) is 23.9 Å². The van der Waals surface area contributed by atoms with Gasteiger partial charge in [0.05, 0.1) is 24.0 Å². The maximum Gasteiger partial charge on any atom is 0.276 e. The molecule has 0 radical (unpaired) electrons. The molecule has 0 fully saturated rings. The molecule has 2 aromatic rings. The van der Waals surface area contributed by atoms with Crippen molar-refractivity contribution in [3.05, 3.63) is 42.0 Å². The minimum atomic E-state index is -0.789. The largest absolute Gasteiger partial charge is 0.504 e. The molecule has 1 amide bonds. The summed E-state index contributed by atoms with van der Waals surface area (Å²) in [5.41, 5.74) is -0.433. The Labute approximate surface area is 127 Å². The maximum atomic E-state index is 12.9. The smallest absolute Gasteiger partial charge is 0.276 e. The molecule has 0 spiro atoms.